The lowest BCUT2D eigenvalue weighted by Crippen LogP contribution is -2.36. The molecule has 196 valence electrons. The number of anilines is 1. The van der Waals surface area contributed by atoms with E-state index in [1.54, 1.807) is 48.5 Å². The number of thioether (sulfide) groups is 1. The number of carbonyl (C=O) groups is 4. The van der Waals surface area contributed by atoms with Gasteiger partial charge < -0.3 is 23.9 Å². The smallest absolute Gasteiger partial charge is 0.373 e. The Bertz CT molecular complexity index is 1430. The maximum absolute atomic E-state index is 12.9. The number of furan rings is 1. The van der Waals surface area contributed by atoms with Crippen molar-refractivity contribution in [1.29, 1.82) is 0 Å². The van der Waals surface area contributed by atoms with Crippen LogP contribution >= 0.6 is 11.8 Å². The highest BCUT2D eigenvalue weighted by atomic mass is 32.2. The first kappa shape index (κ1) is 26.6. The Morgan fingerprint density at radius 1 is 1.05 bits per heavy atom. The van der Waals surface area contributed by atoms with E-state index >= 15 is 0 Å². The summed E-state index contributed by atoms with van der Waals surface area (Å²) in [6.07, 6.45) is 1.55. The van der Waals surface area contributed by atoms with Crippen LogP contribution < -0.4 is 14.8 Å². The van der Waals surface area contributed by atoms with Gasteiger partial charge in [0.15, 0.2) is 11.5 Å². The molecule has 38 heavy (non-hydrogen) atoms. The van der Waals surface area contributed by atoms with E-state index in [-0.39, 0.29) is 17.3 Å². The first-order chi connectivity index (χ1) is 18.3. The number of amides is 3. The van der Waals surface area contributed by atoms with Crippen molar-refractivity contribution in [3.8, 4) is 11.5 Å². The predicted molar refractivity (Wildman–Crippen MR) is 140 cm³/mol. The zero-order valence-electron chi connectivity index (χ0n) is 20.8. The molecule has 4 rings (SSSR count). The summed E-state index contributed by atoms with van der Waals surface area (Å²) in [6, 6.07) is 15.3. The lowest BCUT2D eigenvalue weighted by molar-refractivity contribution is -0.127. The molecule has 0 radical (unpaired) electrons. The Balaban J connectivity index is 1.41. The second-order valence-electron chi connectivity index (χ2n) is 8.14. The van der Waals surface area contributed by atoms with Gasteiger partial charge in [0.25, 0.3) is 11.1 Å². The van der Waals surface area contributed by atoms with Crippen molar-refractivity contribution < 1.29 is 37.8 Å². The summed E-state index contributed by atoms with van der Waals surface area (Å²) >= 11 is 0.755. The molecule has 10 nitrogen and oxygen atoms in total. The zero-order valence-corrected chi connectivity index (χ0v) is 21.6. The van der Waals surface area contributed by atoms with Crippen LogP contribution in [0.15, 0.2) is 63.9 Å². The van der Waals surface area contributed by atoms with Crippen molar-refractivity contribution in [3.05, 3.63) is 82.1 Å². The molecule has 1 aliphatic rings. The van der Waals surface area contributed by atoms with Gasteiger partial charge in [0.1, 0.15) is 18.9 Å². The maximum atomic E-state index is 12.9. The van der Waals surface area contributed by atoms with Crippen LogP contribution in [0, 0.1) is 6.92 Å². The monoisotopic (exact) mass is 536 g/mol. The van der Waals surface area contributed by atoms with E-state index in [1.807, 2.05) is 13.0 Å². The Morgan fingerprint density at radius 2 is 1.87 bits per heavy atom. The van der Waals surface area contributed by atoms with E-state index < -0.39 is 29.6 Å². The summed E-state index contributed by atoms with van der Waals surface area (Å²) in [5, 5.41) is 2.17. The second-order valence-corrected chi connectivity index (χ2v) is 9.14. The highest BCUT2D eigenvalue weighted by Crippen LogP contribution is 2.35. The van der Waals surface area contributed by atoms with Gasteiger partial charge in [-0.25, -0.2) is 4.79 Å². The molecule has 0 spiro atoms. The molecule has 0 atom stereocenters. The number of carbonyl (C=O) groups excluding carboxylic acids is 4. The van der Waals surface area contributed by atoms with E-state index in [4.69, 9.17) is 13.9 Å². The SMILES string of the molecule is COC(=O)c1ccc(COc2ccc(/C=C3/SC(=O)N(CC(=O)Nc4cccc(C)c4)C3=O)cc2OC)o1. The van der Waals surface area contributed by atoms with Crippen molar-refractivity contribution in [2.45, 2.75) is 13.5 Å². The van der Waals surface area contributed by atoms with Gasteiger partial charge in [-0.15, -0.1) is 0 Å². The van der Waals surface area contributed by atoms with Crippen molar-refractivity contribution in [2.24, 2.45) is 0 Å². The van der Waals surface area contributed by atoms with Gasteiger partial charge in [-0.2, -0.15) is 0 Å². The number of methoxy groups -OCH3 is 2. The third kappa shape index (κ3) is 6.24. The van der Waals surface area contributed by atoms with Gasteiger partial charge >= 0.3 is 5.97 Å². The Labute approximate surface area is 222 Å². The average Bonchev–Trinajstić information content (AvgIpc) is 3.47. The molecule has 1 fully saturated rings. The number of benzene rings is 2. The van der Waals surface area contributed by atoms with E-state index in [1.165, 1.54) is 20.3 Å². The molecule has 0 aliphatic carbocycles. The topological polar surface area (TPSA) is 124 Å². The van der Waals surface area contributed by atoms with Crippen molar-refractivity contribution in [3.63, 3.8) is 0 Å². The van der Waals surface area contributed by atoms with Crippen LogP contribution in [0.4, 0.5) is 10.5 Å². The molecule has 2 heterocycles. The summed E-state index contributed by atoms with van der Waals surface area (Å²) in [5.74, 6) is -0.353. The molecule has 1 aliphatic heterocycles. The van der Waals surface area contributed by atoms with Crippen molar-refractivity contribution in [1.82, 2.24) is 4.90 Å². The van der Waals surface area contributed by atoms with E-state index in [0.717, 1.165) is 22.2 Å². The Morgan fingerprint density at radius 3 is 2.61 bits per heavy atom. The van der Waals surface area contributed by atoms with Crippen molar-refractivity contribution >= 4 is 46.5 Å². The number of imide groups is 1. The number of ether oxygens (including phenoxy) is 3. The minimum absolute atomic E-state index is 0.0379. The molecule has 1 N–H and O–H groups in total. The summed E-state index contributed by atoms with van der Waals surface area (Å²) in [6.45, 7) is 1.54. The minimum atomic E-state index is -0.588. The van der Waals surface area contributed by atoms with Crippen LogP contribution in [0.3, 0.4) is 0 Å². The van der Waals surface area contributed by atoms with Gasteiger partial charge in [0.05, 0.1) is 19.1 Å². The normalized spacial score (nSPS) is 14.1. The van der Waals surface area contributed by atoms with Crippen molar-refractivity contribution in [2.75, 3.05) is 26.1 Å². The quantitative estimate of drug-likeness (QED) is 0.308. The van der Waals surface area contributed by atoms with Gasteiger partial charge in [0.2, 0.25) is 11.7 Å². The molecule has 0 saturated carbocycles. The van der Waals surface area contributed by atoms with Crippen LogP contribution in [0.25, 0.3) is 6.08 Å². The van der Waals surface area contributed by atoms with Crippen LogP contribution in [-0.2, 0) is 20.9 Å². The lowest BCUT2D eigenvalue weighted by atomic mass is 10.2. The van der Waals surface area contributed by atoms with Crippen LogP contribution in [0.5, 0.6) is 11.5 Å². The van der Waals surface area contributed by atoms with Gasteiger partial charge in [-0.3, -0.25) is 19.3 Å². The van der Waals surface area contributed by atoms with E-state index in [9.17, 15) is 19.2 Å². The summed E-state index contributed by atoms with van der Waals surface area (Å²) in [5.41, 5.74) is 2.15. The summed E-state index contributed by atoms with van der Waals surface area (Å²) in [4.78, 5) is 50.3. The molecule has 3 amide bonds. The van der Waals surface area contributed by atoms with Crippen LogP contribution in [0.2, 0.25) is 0 Å². The third-order valence-corrected chi connectivity index (χ3v) is 6.29. The molecule has 0 unspecified atom stereocenters. The summed E-state index contributed by atoms with van der Waals surface area (Å²) < 4.78 is 21.2. The average molecular weight is 537 g/mol. The molecule has 11 heteroatoms. The van der Waals surface area contributed by atoms with Gasteiger partial charge in [-0.1, -0.05) is 18.2 Å². The summed E-state index contributed by atoms with van der Waals surface area (Å²) in [7, 11) is 2.73. The fourth-order valence-corrected chi connectivity index (χ4v) is 4.40. The molecule has 2 aromatic carbocycles. The number of nitrogens with one attached hydrogen (secondary N) is 1. The second kappa shape index (κ2) is 11.7. The molecular formula is C27H24N2O8S. The van der Waals surface area contributed by atoms with Gasteiger partial charge in [-0.05, 0) is 72.3 Å². The highest BCUT2D eigenvalue weighted by molar-refractivity contribution is 8.18. The molecule has 3 aromatic rings. The first-order valence-electron chi connectivity index (χ1n) is 11.4. The van der Waals surface area contributed by atoms with Crippen LogP contribution in [-0.4, -0.2) is 48.7 Å². The molecular weight excluding hydrogens is 512 g/mol. The first-order valence-corrected chi connectivity index (χ1v) is 12.2. The highest BCUT2D eigenvalue weighted by Gasteiger charge is 2.36. The lowest BCUT2D eigenvalue weighted by Gasteiger charge is -2.12. The fourth-order valence-electron chi connectivity index (χ4n) is 3.56. The zero-order chi connectivity index (χ0) is 27.2. The largest absolute Gasteiger partial charge is 0.493 e. The number of hydrogen-bond acceptors (Lipinski definition) is 9. The standard InChI is InChI=1S/C27H24N2O8S/c1-16-5-4-6-18(11-16)28-24(30)14-29-25(31)23(38-27(29)33)13-17-7-9-20(22(12-17)34-2)36-15-19-8-10-21(37-19)26(32)35-3/h4-13H,14-15H2,1-3H3,(H,28,30)/b23-13+. The number of hydrogen-bond donors (Lipinski definition) is 1. The number of esters is 1. The third-order valence-electron chi connectivity index (χ3n) is 5.38. The van der Waals surface area contributed by atoms with E-state index in [2.05, 4.69) is 10.1 Å². The predicted octanol–water partition coefficient (Wildman–Crippen LogP) is 4.64. The minimum Gasteiger partial charge on any atom is -0.493 e. The molecule has 1 saturated heterocycles. The molecule has 0 bridgehead atoms. The maximum Gasteiger partial charge on any atom is 0.373 e. The van der Waals surface area contributed by atoms with E-state index in [0.29, 0.717) is 28.5 Å². The number of nitrogens with zero attached hydrogens (tertiary/aromatic N) is 1. The Kier molecular flexibility index (Phi) is 8.17. The number of rotatable bonds is 9. The van der Waals surface area contributed by atoms with Crippen LogP contribution in [0.1, 0.15) is 27.4 Å². The van der Waals surface area contributed by atoms with Gasteiger partial charge in [0, 0.05) is 5.69 Å². The fraction of sp³-hybridized carbons (Fsp3) is 0.185. The number of aryl methyl sites for hydroxylation is 1. The Hall–Kier alpha value is -4.51. The molecule has 1 aromatic heterocycles.